The summed E-state index contributed by atoms with van der Waals surface area (Å²) in [6.45, 7) is 6.15. The first-order chi connectivity index (χ1) is 9.28. The van der Waals surface area contributed by atoms with Crippen LogP contribution in [0.15, 0.2) is 23.1 Å². The number of sulfonamides is 1. The summed E-state index contributed by atoms with van der Waals surface area (Å²) in [6.07, 6.45) is 3.01. The van der Waals surface area contributed by atoms with Crippen molar-refractivity contribution >= 4 is 15.7 Å². The van der Waals surface area contributed by atoms with Crippen molar-refractivity contribution in [3.05, 3.63) is 23.8 Å². The highest BCUT2D eigenvalue weighted by Gasteiger charge is 2.28. The molecule has 2 atom stereocenters. The molecule has 20 heavy (non-hydrogen) atoms. The molecule has 0 aliphatic heterocycles. The number of aryl methyl sites for hydroxylation is 1. The number of hydrogen-bond donors (Lipinski definition) is 2. The molecule has 3 N–H and O–H groups in total. The lowest BCUT2D eigenvalue weighted by Crippen LogP contribution is -2.40. The van der Waals surface area contributed by atoms with Crippen molar-refractivity contribution in [2.45, 2.75) is 51.0 Å². The normalized spacial score (nSPS) is 27.4. The Balaban J connectivity index is 2.18. The molecule has 2 rings (SSSR count). The van der Waals surface area contributed by atoms with Crippen molar-refractivity contribution in [1.29, 1.82) is 0 Å². The minimum atomic E-state index is -3.46. The van der Waals surface area contributed by atoms with E-state index in [4.69, 9.17) is 5.73 Å². The predicted octanol–water partition coefficient (Wildman–Crippen LogP) is 2.68. The van der Waals surface area contributed by atoms with Crippen LogP contribution in [0.25, 0.3) is 0 Å². The molecule has 5 heteroatoms. The SMILES string of the molecule is Cc1cc(N)ccc1S(=O)(=O)NC1CC(C)CC(C)C1. The molecular weight excluding hydrogens is 272 g/mol. The molecule has 0 amide bonds. The molecule has 1 saturated carbocycles. The minimum Gasteiger partial charge on any atom is -0.399 e. The van der Waals surface area contributed by atoms with E-state index >= 15 is 0 Å². The van der Waals surface area contributed by atoms with Crippen molar-refractivity contribution in [3.8, 4) is 0 Å². The van der Waals surface area contributed by atoms with Gasteiger partial charge in [0.15, 0.2) is 0 Å². The van der Waals surface area contributed by atoms with Crippen molar-refractivity contribution < 1.29 is 8.42 Å². The Bertz CT molecular complexity index is 574. The summed E-state index contributed by atoms with van der Waals surface area (Å²) in [5.74, 6) is 1.14. The maximum Gasteiger partial charge on any atom is 0.241 e. The highest BCUT2D eigenvalue weighted by atomic mass is 32.2. The summed E-state index contributed by atoms with van der Waals surface area (Å²) in [5, 5.41) is 0. The number of nitrogens with two attached hydrogens (primary N) is 1. The lowest BCUT2D eigenvalue weighted by Gasteiger charge is -2.31. The third-order valence-corrected chi connectivity index (χ3v) is 5.67. The van der Waals surface area contributed by atoms with E-state index in [0.29, 0.717) is 28.0 Å². The van der Waals surface area contributed by atoms with Gasteiger partial charge in [-0.2, -0.15) is 0 Å². The number of benzene rings is 1. The molecule has 4 nitrogen and oxygen atoms in total. The number of nitrogens with one attached hydrogen (secondary N) is 1. The molecule has 0 saturated heterocycles. The maximum atomic E-state index is 12.5. The Hall–Kier alpha value is -1.07. The van der Waals surface area contributed by atoms with E-state index in [9.17, 15) is 8.42 Å². The van der Waals surface area contributed by atoms with Gasteiger partial charge in [0.25, 0.3) is 0 Å². The number of rotatable bonds is 3. The van der Waals surface area contributed by atoms with Crippen LogP contribution in [0, 0.1) is 18.8 Å². The minimum absolute atomic E-state index is 0.0377. The first-order valence-electron chi connectivity index (χ1n) is 7.16. The predicted molar refractivity (Wildman–Crippen MR) is 81.9 cm³/mol. The first kappa shape index (κ1) is 15.3. The van der Waals surface area contributed by atoms with Crippen LogP contribution in [0.1, 0.15) is 38.7 Å². The third-order valence-electron chi connectivity index (χ3n) is 3.99. The van der Waals surface area contributed by atoms with Crippen LogP contribution in [0.4, 0.5) is 5.69 Å². The zero-order valence-corrected chi connectivity index (χ0v) is 13.2. The third kappa shape index (κ3) is 3.52. The highest BCUT2D eigenvalue weighted by molar-refractivity contribution is 7.89. The Kier molecular flexibility index (Phi) is 4.39. The second-order valence-electron chi connectivity index (χ2n) is 6.26. The van der Waals surface area contributed by atoms with Gasteiger partial charge in [-0.25, -0.2) is 13.1 Å². The van der Waals surface area contributed by atoms with Gasteiger partial charge in [-0.15, -0.1) is 0 Å². The fourth-order valence-electron chi connectivity index (χ4n) is 3.30. The summed E-state index contributed by atoms with van der Waals surface area (Å²) >= 11 is 0. The summed E-state index contributed by atoms with van der Waals surface area (Å²) in [7, 11) is -3.46. The van der Waals surface area contributed by atoms with Crippen LogP contribution in [0.5, 0.6) is 0 Å². The molecule has 2 unspecified atom stereocenters. The summed E-state index contributed by atoms with van der Waals surface area (Å²) in [4.78, 5) is 0.331. The molecule has 1 aliphatic carbocycles. The zero-order valence-electron chi connectivity index (χ0n) is 12.4. The van der Waals surface area contributed by atoms with Gasteiger partial charge in [-0.3, -0.25) is 0 Å². The summed E-state index contributed by atoms with van der Waals surface area (Å²) in [5.41, 5.74) is 6.95. The Labute approximate surface area is 121 Å². The second-order valence-corrected chi connectivity index (χ2v) is 7.94. The van der Waals surface area contributed by atoms with E-state index in [1.54, 1.807) is 25.1 Å². The molecule has 0 radical (unpaired) electrons. The van der Waals surface area contributed by atoms with E-state index in [-0.39, 0.29) is 6.04 Å². The molecule has 0 heterocycles. The Morgan fingerprint density at radius 1 is 1.15 bits per heavy atom. The Morgan fingerprint density at radius 3 is 2.30 bits per heavy atom. The second kappa shape index (κ2) is 5.74. The number of nitrogen functional groups attached to an aromatic ring is 1. The van der Waals surface area contributed by atoms with Gasteiger partial charge in [0, 0.05) is 11.7 Å². The van der Waals surface area contributed by atoms with E-state index in [0.717, 1.165) is 12.8 Å². The van der Waals surface area contributed by atoms with Crippen LogP contribution in [-0.2, 0) is 10.0 Å². The van der Waals surface area contributed by atoms with Gasteiger partial charge < -0.3 is 5.73 Å². The van der Waals surface area contributed by atoms with Crippen LogP contribution in [-0.4, -0.2) is 14.5 Å². The monoisotopic (exact) mass is 296 g/mol. The van der Waals surface area contributed by atoms with Crippen molar-refractivity contribution in [2.75, 3.05) is 5.73 Å². The van der Waals surface area contributed by atoms with E-state index in [1.165, 1.54) is 6.42 Å². The zero-order chi connectivity index (χ0) is 14.9. The molecule has 0 bridgehead atoms. The molecular formula is C15H24N2O2S. The average Bonchev–Trinajstić information content (AvgIpc) is 2.25. The van der Waals surface area contributed by atoms with Gasteiger partial charge in [-0.05, 0) is 61.8 Å². The molecule has 1 fully saturated rings. The first-order valence-corrected chi connectivity index (χ1v) is 8.64. The largest absolute Gasteiger partial charge is 0.399 e. The van der Waals surface area contributed by atoms with Crippen LogP contribution in [0.3, 0.4) is 0 Å². The van der Waals surface area contributed by atoms with Crippen molar-refractivity contribution in [2.24, 2.45) is 11.8 Å². The van der Waals surface area contributed by atoms with Gasteiger partial charge in [0.05, 0.1) is 4.90 Å². The van der Waals surface area contributed by atoms with E-state index in [1.807, 2.05) is 0 Å². The fourth-order valence-corrected chi connectivity index (χ4v) is 4.79. The van der Waals surface area contributed by atoms with Crippen LogP contribution >= 0.6 is 0 Å². The Morgan fingerprint density at radius 2 is 1.75 bits per heavy atom. The number of hydrogen-bond acceptors (Lipinski definition) is 3. The number of anilines is 1. The average molecular weight is 296 g/mol. The maximum absolute atomic E-state index is 12.5. The lowest BCUT2D eigenvalue weighted by atomic mass is 9.81. The van der Waals surface area contributed by atoms with Gasteiger partial charge in [0.1, 0.15) is 0 Å². The van der Waals surface area contributed by atoms with Gasteiger partial charge in [0.2, 0.25) is 10.0 Å². The molecule has 112 valence electrons. The van der Waals surface area contributed by atoms with Crippen LogP contribution < -0.4 is 10.5 Å². The lowest BCUT2D eigenvalue weighted by molar-refractivity contribution is 0.257. The standard InChI is InChI=1S/C15H24N2O2S/c1-10-6-11(2)8-14(7-10)17-20(18,19)15-5-4-13(16)9-12(15)3/h4-5,9-11,14,17H,6-8,16H2,1-3H3. The van der Waals surface area contributed by atoms with Crippen molar-refractivity contribution in [1.82, 2.24) is 4.72 Å². The molecule has 1 aliphatic rings. The molecule has 0 aromatic heterocycles. The summed E-state index contributed by atoms with van der Waals surface area (Å²) in [6, 6.07) is 4.95. The van der Waals surface area contributed by atoms with E-state index in [2.05, 4.69) is 18.6 Å². The smallest absolute Gasteiger partial charge is 0.241 e. The van der Waals surface area contributed by atoms with Crippen LogP contribution in [0.2, 0.25) is 0 Å². The molecule has 0 spiro atoms. The van der Waals surface area contributed by atoms with Gasteiger partial charge in [-0.1, -0.05) is 13.8 Å². The highest BCUT2D eigenvalue weighted by Crippen LogP contribution is 2.29. The fraction of sp³-hybridized carbons (Fsp3) is 0.600. The quantitative estimate of drug-likeness (QED) is 0.842. The topological polar surface area (TPSA) is 72.2 Å². The van der Waals surface area contributed by atoms with Gasteiger partial charge >= 0.3 is 0 Å². The molecule has 1 aromatic carbocycles. The summed E-state index contributed by atoms with van der Waals surface area (Å²) < 4.78 is 27.9. The van der Waals surface area contributed by atoms with E-state index < -0.39 is 10.0 Å². The van der Waals surface area contributed by atoms with Crippen molar-refractivity contribution in [3.63, 3.8) is 0 Å². The molecule has 1 aromatic rings.